The Morgan fingerprint density at radius 1 is 1.12 bits per heavy atom. The average molecular weight is 333 g/mol. The number of carbonyl (C=O) groups is 2. The molecule has 1 aromatic carbocycles. The molecule has 0 bridgehead atoms. The maximum absolute atomic E-state index is 12.3. The van der Waals surface area contributed by atoms with Gasteiger partial charge in [-0.25, -0.2) is 4.79 Å². The molecule has 24 heavy (non-hydrogen) atoms. The van der Waals surface area contributed by atoms with Crippen LogP contribution in [0, 0.1) is 0 Å². The maximum atomic E-state index is 12.3. The molecule has 0 aliphatic carbocycles. The van der Waals surface area contributed by atoms with E-state index in [4.69, 9.17) is 4.74 Å². The molecule has 0 saturated carbocycles. The molecule has 1 saturated heterocycles. The van der Waals surface area contributed by atoms with Crippen LogP contribution < -0.4 is 5.32 Å². The zero-order valence-electron chi connectivity index (χ0n) is 14.5. The number of hydrogen-bond donors (Lipinski definition) is 1. The molecular formula is C18H27N3O3. The van der Waals surface area contributed by atoms with E-state index in [0.717, 1.165) is 12.8 Å². The van der Waals surface area contributed by atoms with E-state index in [0.29, 0.717) is 26.2 Å². The molecule has 6 nitrogen and oxygen atoms in total. The number of carbonyl (C=O) groups excluding carboxylic acids is 2. The fourth-order valence-electron chi connectivity index (χ4n) is 2.78. The van der Waals surface area contributed by atoms with E-state index in [2.05, 4.69) is 17.4 Å². The summed E-state index contributed by atoms with van der Waals surface area (Å²) < 4.78 is 4.86. The summed E-state index contributed by atoms with van der Waals surface area (Å²) in [6.45, 7) is 4.38. The first kappa shape index (κ1) is 18.3. The summed E-state index contributed by atoms with van der Waals surface area (Å²) in [5.41, 5.74) is 1.28. The lowest BCUT2D eigenvalue weighted by molar-refractivity contribution is -0.136. The third kappa shape index (κ3) is 5.53. The van der Waals surface area contributed by atoms with Crippen molar-refractivity contribution in [1.29, 1.82) is 0 Å². The van der Waals surface area contributed by atoms with Gasteiger partial charge < -0.3 is 19.9 Å². The number of nitrogens with one attached hydrogen (secondary N) is 1. The van der Waals surface area contributed by atoms with E-state index >= 15 is 0 Å². The monoisotopic (exact) mass is 333 g/mol. The molecule has 1 unspecified atom stereocenters. The molecule has 1 fully saturated rings. The predicted octanol–water partition coefficient (Wildman–Crippen LogP) is 1.51. The van der Waals surface area contributed by atoms with Gasteiger partial charge in [0.05, 0.1) is 0 Å². The molecule has 1 aliphatic heterocycles. The zero-order valence-corrected chi connectivity index (χ0v) is 14.5. The summed E-state index contributed by atoms with van der Waals surface area (Å²) in [6, 6.07) is 10.3. The topological polar surface area (TPSA) is 61.9 Å². The number of aryl methyl sites for hydroxylation is 1. The third-order valence-electron chi connectivity index (χ3n) is 4.27. The van der Waals surface area contributed by atoms with Crippen molar-refractivity contribution in [2.75, 3.05) is 39.9 Å². The highest BCUT2D eigenvalue weighted by atomic mass is 16.5. The van der Waals surface area contributed by atoms with Crippen LogP contribution in [0.15, 0.2) is 30.3 Å². The second kappa shape index (κ2) is 9.27. The van der Waals surface area contributed by atoms with Crippen LogP contribution in [-0.4, -0.2) is 67.7 Å². The van der Waals surface area contributed by atoms with Crippen LogP contribution >= 0.6 is 0 Å². The highest BCUT2D eigenvalue weighted by molar-refractivity contribution is 5.78. The number of rotatable bonds is 6. The van der Waals surface area contributed by atoms with Crippen molar-refractivity contribution < 1.29 is 14.3 Å². The van der Waals surface area contributed by atoms with Crippen molar-refractivity contribution in [3.63, 3.8) is 0 Å². The smallest absolute Gasteiger partial charge is 0.317 e. The Labute approximate surface area is 143 Å². The molecule has 0 spiro atoms. The van der Waals surface area contributed by atoms with E-state index < -0.39 is 0 Å². The summed E-state index contributed by atoms with van der Waals surface area (Å²) in [5.74, 6) is -0.0196. The maximum Gasteiger partial charge on any atom is 0.317 e. The van der Waals surface area contributed by atoms with Gasteiger partial charge in [-0.1, -0.05) is 30.3 Å². The minimum atomic E-state index is -0.0468. The summed E-state index contributed by atoms with van der Waals surface area (Å²) in [5, 5.41) is 3.05. The first-order valence-corrected chi connectivity index (χ1v) is 8.46. The summed E-state index contributed by atoms with van der Waals surface area (Å²) in [6.07, 6.45) is 1.85. The zero-order chi connectivity index (χ0) is 17.4. The van der Waals surface area contributed by atoms with Gasteiger partial charge in [-0.15, -0.1) is 0 Å². The standard InChI is InChI=1S/C18H27N3O3/c1-15(8-9-16-6-4-3-5-7-16)19-18(23)21-12-10-20(11-13-21)17(22)14-24-2/h3-7,15H,8-14H2,1-2H3,(H,19,23). The van der Waals surface area contributed by atoms with Gasteiger partial charge in [-0.2, -0.15) is 0 Å². The van der Waals surface area contributed by atoms with Crippen molar-refractivity contribution in [1.82, 2.24) is 15.1 Å². The number of urea groups is 1. The van der Waals surface area contributed by atoms with Gasteiger partial charge in [0.25, 0.3) is 0 Å². The van der Waals surface area contributed by atoms with Gasteiger partial charge in [-0.05, 0) is 25.3 Å². The molecular weight excluding hydrogens is 306 g/mol. The fourth-order valence-corrected chi connectivity index (χ4v) is 2.78. The molecule has 6 heteroatoms. The highest BCUT2D eigenvalue weighted by Crippen LogP contribution is 2.07. The minimum Gasteiger partial charge on any atom is -0.375 e. The summed E-state index contributed by atoms with van der Waals surface area (Å²) in [7, 11) is 1.51. The first-order chi connectivity index (χ1) is 11.6. The number of benzene rings is 1. The lowest BCUT2D eigenvalue weighted by Gasteiger charge is -2.35. The van der Waals surface area contributed by atoms with E-state index in [1.807, 2.05) is 25.1 Å². The molecule has 0 aromatic heterocycles. The van der Waals surface area contributed by atoms with Gasteiger partial charge in [-0.3, -0.25) is 4.79 Å². The highest BCUT2D eigenvalue weighted by Gasteiger charge is 2.24. The molecule has 1 heterocycles. The Kier molecular flexibility index (Phi) is 7.06. The molecule has 2 rings (SSSR count). The van der Waals surface area contributed by atoms with Crippen LogP contribution in [0.2, 0.25) is 0 Å². The molecule has 0 radical (unpaired) electrons. The van der Waals surface area contributed by atoms with E-state index in [-0.39, 0.29) is 24.6 Å². The third-order valence-corrected chi connectivity index (χ3v) is 4.27. The van der Waals surface area contributed by atoms with Crippen molar-refractivity contribution in [3.8, 4) is 0 Å². The van der Waals surface area contributed by atoms with Crippen molar-refractivity contribution in [3.05, 3.63) is 35.9 Å². The van der Waals surface area contributed by atoms with Crippen LogP contribution in [0.1, 0.15) is 18.9 Å². The second-order valence-electron chi connectivity index (χ2n) is 6.18. The van der Waals surface area contributed by atoms with Crippen LogP contribution in [-0.2, 0) is 16.0 Å². The number of methoxy groups -OCH3 is 1. The summed E-state index contributed by atoms with van der Waals surface area (Å²) in [4.78, 5) is 27.6. The van der Waals surface area contributed by atoms with Gasteiger partial charge in [0, 0.05) is 39.3 Å². The predicted molar refractivity (Wildman–Crippen MR) is 92.8 cm³/mol. The Balaban J connectivity index is 1.70. The van der Waals surface area contributed by atoms with Crippen molar-refractivity contribution in [2.24, 2.45) is 0 Å². The minimum absolute atomic E-state index is 0.0196. The van der Waals surface area contributed by atoms with E-state index in [1.54, 1.807) is 9.80 Å². The number of ether oxygens (including phenoxy) is 1. The van der Waals surface area contributed by atoms with Crippen molar-refractivity contribution in [2.45, 2.75) is 25.8 Å². The number of piperazine rings is 1. The van der Waals surface area contributed by atoms with Crippen LogP contribution in [0.4, 0.5) is 4.79 Å². The van der Waals surface area contributed by atoms with Gasteiger partial charge in [0.15, 0.2) is 0 Å². The van der Waals surface area contributed by atoms with Crippen molar-refractivity contribution >= 4 is 11.9 Å². The molecule has 3 amide bonds. The Morgan fingerprint density at radius 3 is 2.38 bits per heavy atom. The summed E-state index contributed by atoms with van der Waals surface area (Å²) >= 11 is 0. The largest absolute Gasteiger partial charge is 0.375 e. The van der Waals surface area contributed by atoms with Gasteiger partial charge in [0.1, 0.15) is 6.61 Å². The normalized spacial score (nSPS) is 15.9. The molecule has 1 aromatic rings. The molecule has 1 aliphatic rings. The Bertz CT molecular complexity index is 528. The van der Waals surface area contributed by atoms with Gasteiger partial charge >= 0.3 is 6.03 Å². The van der Waals surface area contributed by atoms with E-state index in [1.165, 1.54) is 12.7 Å². The molecule has 132 valence electrons. The van der Waals surface area contributed by atoms with Crippen LogP contribution in [0.5, 0.6) is 0 Å². The number of amides is 3. The Hall–Kier alpha value is -2.08. The molecule has 1 N–H and O–H groups in total. The lowest BCUT2D eigenvalue weighted by Crippen LogP contribution is -2.54. The van der Waals surface area contributed by atoms with Gasteiger partial charge in [0.2, 0.25) is 5.91 Å². The molecule has 1 atom stereocenters. The quantitative estimate of drug-likeness (QED) is 0.858. The van der Waals surface area contributed by atoms with E-state index in [9.17, 15) is 9.59 Å². The van der Waals surface area contributed by atoms with Crippen LogP contribution in [0.25, 0.3) is 0 Å². The number of nitrogens with zero attached hydrogens (tertiary/aromatic N) is 2. The average Bonchev–Trinajstić information content (AvgIpc) is 2.61. The fraction of sp³-hybridized carbons (Fsp3) is 0.556. The first-order valence-electron chi connectivity index (χ1n) is 8.46. The SMILES string of the molecule is COCC(=O)N1CCN(C(=O)NC(C)CCc2ccccc2)CC1. The Morgan fingerprint density at radius 2 is 1.75 bits per heavy atom. The van der Waals surface area contributed by atoms with Crippen LogP contribution in [0.3, 0.4) is 0 Å². The lowest BCUT2D eigenvalue weighted by atomic mass is 10.1. The number of hydrogen-bond acceptors (Lipinski definition) is 3. The second-order valence-corrected chi connectivity index (χ2v) is 6.18.